The van der Waals surface area contributed by atoms with Gasteiger partial charge in [0.2, 0.25) is 0 Å². The minimum Gasteiger partial charge on any atom is -0.496 e. The standard InChI is InChI=1S/C16H16O4S/c1-10-6-7-21-15(10)16(18)20-9-13-8-12(11(2)17)4-5-14(13)19-3/h4-8H,9H2,1-3H3. The van der Waals surface area contributed by atoms with Gasteiger partial charge in [-0.1, -0.05) is 0 Å². The Labute approximate surface area is 127 Å². The summed E-state index contributed by atoms with van der Waals surface area (Å²) in [5.74, 6) is 0.188. The Balaban J connectivity index is 2.15. The number of Topliss-reactive ketones (excluding diaryl/α,β-unsaturated/α-hetero) is 1. The highest BCUT2D eigenvalue weighted by Crippen LogP contribution is 2.23. The smallest absolute Gasteiger partial charge is 0.348 e. The van der Waals surface area contributed by atoms with E-state index in [-0.39, 0.29) is 18.4 Å². The first kappa shape index (κ1) is 15.3. The molecule has 0 radical (unpaired) electrons. The molecule has 0 amide bonds. The number of aryl methyl sites for hydroxylation is 1. The summed E-state index contributed by atoms with van der Waals surface area (Å²) in [7, 11) is 1.54. The zero-order valence-corrected chi connectivity index (χ0v) is 13.0. The quantitative estimate of drug-likeness (QED) is 0.625. The van der Waals surface area contributed by atoms with Crippen molar-refractivity contribution in [3.8, 4) is 5.75 Å². The molecular formula is C16H16O4S. The molecular weight excluding hydrogens is 288 g/mol. The van der Waals surface area contributed by atoms with Crippen LogP contribution in [0.1, 0.15) is 38.1 Å². The van der Waals surface area contributed by atoms with Crippen molar-refractivity contribution < 1.29 is 19.1 Å². The maximum absolute atomic E-state index is 12.0. The molecule has 0 saturated heterocycles. The lowest BCUT2D eigenvalue weighted by Gasteiger charge is -2.10. The number of hydrogen-bond donors (Lipinski definition) is 0. The second-order valence-electron chi connectivity index (χ2n) is 4.59. The fourth-order valence-corrected chi connectivity index (χ4v) is 2.72. The number of ether oxygens (including phenoxy) is 2. The Bertz CT molecular complexity index is 673. The van der Waals surface area contributed by atoms with Gasteiger partial charge in [-0.05, 0) is 49.1 Å². The maximum Gasteiger partial charge on any atom is 0.348 e. The molecule has 0 spiro atoms. The zero-order valence-electron chi connectivity index (χ0n) is 12.1. The number of thiophene rings is 1. The highest BCUT2D eigenvalue weighted by Gasteiger charge is 2.14. The molecule has 0 aliphatic rings. The van der Waals surface area contributed by atoms with Crippen molar-refractivity contribution >= 4 is 23.1 Å². The van der Waals surface area contributed by atoms with Crippen molar-refractivity contribution in [2.75, 3.05) is 7.11 Å². The summed E-state index contributed by atoms with van der Waals surface area (Å²) >= 11 is 1.35. The van der Waals surface area contributed by atoms with Crippen molar-refractivity contribution in [3.63, 3.8) is 0 Å². The summed E-state index contributed by atoms with van der Waals surface area (Å²) in [6.07, 6.45) is 0. The normalized spacial score (nSPS) is 10.2. The molecule has 0 aliphatic carbocycles. The third-order valence-corrected chi connectivity index (χ3v) is 4.09. The van der Waals surface area contributed by atoms with Crippen LogP contribution in [0, 0.1) is 6.92 Å². The lowest BCUT2D eigenvalue weighted by atomic mass is 10.1. The fourth-order valence-electron chi connectivity index (χ4n) is 1.90. The van der Waals surface area contributed by atoms with Gasteiger partial charge in [0, 0.05) is 11.1 Å². The number of hydrogen-bond acceptors (Lipinski definition) is 5. The summed E-state index contributed by atoms with van der Waals surface area (Å²) in [6, 6.07) is 6.96. The highest BCUT2D eigenvalue weighted by atomic mass is 32.1. The van der Waals surface area contributed by atoms with Gasteiger partial charge in [0.25, 0.3) is 0 Å². The Hall–Kier alpha value is -2.14. The molecule has 0 fully saturated rings. The minimum absolute atomic E-state index is 0.0423. The van der Waals surface area contributed by atoms with E-state index >= 15 is 0 Å². The molecule has 1 aromatic carbocycles. The van der Waals surface area contributed by atoms with Crippen molar-refractivity contribution in [1.29, 1.82) is 0 Å². The predicted molar refractivity (Wildman–Crippen MR) is 81.2 cm³/mol. The van der Waals surface area contributed by atoms with Crippen molar-refractivity contribution in [2.24, 2.45) is 0 Å². The van der Waals surface area contributed by atoms with Gasteiger partial charge in [-0.3, -0.25) is 4.79 Å². The molecule has 110 valence electrons. The largest absolute Gasteiger partial charge is 0.496 e. The van der Waals surface area contributed by atoms with Gasteiger partial charge in [0.15, 0.2) is 5.78 Å². The van der Waals surface area contributed by atoms with Crippen molar-refractivity contribution in [3.05, 3.63) is 51.2 Å². The van der Waals surface area contributed by atoms with E-state index in [1.807, 2.05) is 18.4 Å². The van der Waals surface area contributed by atoms with E-state index in [2.05, 4.69) is 0 Å². The molecule has 5 heteroatoms. The van der Waals surface area contributed by atoms with Crippen LogP contribution < -0.4 is 4.74 Å². The Kier molecular flexibility index (Phi) is 4.75. The molecule has 0 unspecified atom stereocenters. The summed E-state index contributed by atoms with van der Waals surface area (Å²) in [4.78, 5) is 24.0. The first-order valence-electron chi connectivity index (χ1n) is 6.42. The maximum atomic E-state index is 12.0. The van der Waals surface area contributed by atoms with Gasteiger partial charge in [0.05, 0.1) is 7.11 Å². The van der Waals surface area contributed by atoms with E-state index in [0.29, 0.717) is 21.8 Å². The number of carbonyl (C=O) groups is 2. The molecule has 0 bridgehead atoms. The molecule has 0 N–H and O–H groups in total. The summed E-state index contributed by atoms with van der Waals surface area (Å²) < 4.78 is 10.5. The topological polar surface area (TPSA) is 52.6 Å². The van der Waals surface area contributed by atoms with Crippen molar-refractivity contribution in [2.45, 2.75) is 20.5 Å². The second-order valence-corrected chi connectivity index (χ2v) is 5.51. The lowest BCUT2D eigenvalue weighted by molar-refractivity contribution is 0.0475. The van der Waals surface area contributed by atoms with Crippen LogP contribution in [-0.2, 0) is 11.3 Å². The van der Waals surface area contributed by atoms with E-state index in [1.54, 1.807) is 18.2 Å². The average Bonchev–Trinajstić information content (AvgIpc) is 2.90. The van der Waals surface area contributed by atoms with Gasteiger partial charge in [-0.25, -0.2) is 4.79 Å². The van der Waals surface area contributed by atoms with E-state index in [1.165, 1.54) is 25.4 Å². The van der Waals surface area contributed by atoms with Crippen LogP contribution in [0.4, 0.5) is 0 Å². The van der Waals surface area contributed by atoms with E-state index in [9.17, 15) is 9.59 Å². The summed E-state index contributed by atoms with van der Waals surface area (Å²) in [5.41, 5.74) is 2.14. The minimum atomic E-state index is -0.363. The van der Waals surface area contributed by atoms with Crippen LogP contribution >= 0.6 is 11.3 Å². The number of ketones is 1. The molecule has 2 aromatic rings. The van der Waals surface area contributed by atoms with Gasteiger partial charge < -0.3 is 9.47 Å². The number of benzene rings is 1. The van der Waals surface area contributed by atoms with Crippen LogP contribution in [0.3, 0.4) is 0 Å². The van der Waals surface area contributed by atoms with Crippen LogP contribution in [-0.4, -0.2) is 18.9 Å². The molecule has 2 rings (SSSR count). The zero-order chi connectivity index (χ0) is 15.4. The van der Waals surface area contributed by atoms with Crippen LogP contribution in [0.5, 0.6) is 5.75 Å². The molecule has 0 atom stereocenters. The second kappa shape index (κ2) is 6.54. The lowest BCUT2D eigenvalue weighted by Crippen LogP contribution is -2.06. The highest BCUT2D eigenvalue weighted by molar-refractivity contribution is 7.12. The molecule has 21 heavy (non-hydrogen) atoms. The van der Waals surface area contributed by atoms with E-state index < -0.39 is 0 Å². The SMILES string of the molecule is COc1ccc(C(C)=O)cc1COC(=O)c1sccc1C. The summed E-state index contributed by atoms with van der Waals surface area (Å²) in [6.45, 7) is 3.43. The van der Waals surface area contributed by atoms with Crippen LogP contribution in [0.2, 0.25) is 0 Å². The molecule has 1 aromatic heterocycles. The van der Waals surface area contributed by atoms with Crippen LogP contribution in [0.25, 0.3) is 0 Å². The van der Waals surface area contributed by atoms with Crippen LogP contribution in [0.15, 0.2) is 29.6 Å². The van der Waals surface area contributed by atoms with Crippen molar-refractivity contribution in [1.82, 2.24) is 0 Å². The third kappa shape index (κ3) is 3.49. The summed E-state index contributed by atoms with van der Waals surface area (Å²) in [5, 5.41) is 1.85. The number of carbonyl (C=O) groups excluding carboxylic acids is 2. The van der Waals surface area contributed by atoms with Gasteiger partial charge >= 0.3 is 5.97 Å². The Morgan fingerprint density at radius 3 is 2.57 bits per heavy atom. The Morgan fingerprint density at radius 2 is 2.00 bits per heavy atom. The fraction of sp³-hybridized carbons (Fsp3) is 0.250. The average molecular weight is 304 g/mol. The number of rotatable bonds is 5. The molecule has 1 heterocycles. The van der Waals surface area contributed by atoms with Gasteiger partial charge in [-0.2, -0.15) is 0 Å². The molecule has 4 nitrogen and oxygen atoms in total. The van der Waals surface area contributed by atoms with E-state index in [0.717, 1.165) is 5.56 Å². The monoisotopic (exact) mass is 304 g/mol. The van der Waals surface area contributed by atoms with Gasteiger partial charge in [-0.15, -0.1) is 11.3 Å². The number of esters is 1. The molecule has 0 aliphatic heterocycles. The predicted octanol–water partition coefficient (Wildman–Crippen LogP) is 3.62. The molecule has 0 saturated carbocycles. The first-order chi connectivity index (χ1) is 10.0. The first-order valence-corrected chi connectivity index (χ1v) is 7.30. The Morgan fingerprint density at radius 1 is 1.24 bits per heavy atom. The van der Waals surface area contributed by atoms with E-state index in [4.69, 9.17) is 9.47 Å². The number of methoxy groups -OCH3 is 1. The van der Waals surface area contributed by atoms with Gasteiger partial charge in [0.1, 0.15) is 17.2 Å². The third-order valence-electron chi connectivity index (χ3n) is 3.09.